The fourth-order valence-corrected chi connectivity index (χ4v) is 2.62. The van der Waals surface area contributed by atoms with Gasteiger partial charge in [-0.05, 0) is 31.2 Å². The molecular formula is C13H27NO2. The standard InChI is InChI=1S/C13H27NO2/c1-15-8-4-9-16-10-7-13(11-14)12-5-2-3-6-12/h12-13H,2-11,14H2,1H3. The molecule has 3 nitrogen and oxygen atoms in total. The maximum absolute atomic E-state index is 5.84. The monoisotopic (exact) mass is 229 g/mol. The maximum atomic E-state index is 5.84. The number of nitrogens with two attached hydrogens (primary N) is 1. The molecule has 1 fully saturated rings. The smallest absolute Gasteiger partial charge is 0.0487 e. The molecule has 16 heavy (non-hydrogen) atoms. The molecule has 0 heterocycles. The van der Waals surface area contributed by atoms with Gasteiger partial charge in [0.15, 0.2) is 0 Å². The molecule has 1 aliphatic carbocycles. The van der Waals surface area contributed by atoms with Crippen LogP contribution in [0.25, 0.3) is 0 Å². The van der Waals surface area contributed by atoms with Gasteiger partial charge < -0.3 is 15.2 Å². The van der Waals surface area contributed by atoms with E-state index in [1.807, 2.05) is 0 Å². The first-order valence-corrected chi connectivity index (χ1v) is 6.65. The Morgan fingerprint density at radius 1 is 1.19 bits per heavy atom. The van der Waals surface area contributed by atoms with Gasteiger partial charge in [0, 0.05) is 26.9 Å². The van der Waals surface area contributed by atoms with Gasteiger partial charge in [-0.1, -0.05) is 25.7 Å². The second kappa shape index (κ2) is 8.97. The number of rotatable bonds is 9. The minimum absolute atomic E-state index is 0.685. The summed E-state index contributed by atoms with van der Waals surface area (Å²) in [5.74, 6) is 1.55. The van der Waals surface area contributed by atoms with Crippen LogP contribution in [0.5, 0.6) is 0 Å². The van der Waals surface area contributed by atoms with Crippen LogP contribution in [0.4, 0.5) is 0 Å². The molecule has 0 aliphatic heterocycles. The van der Waals surface area contributed by atoms with E-state index in [0.717, 1.165) is 45.1 Å². The molecular weight excluding hydrogens is 202 g/mol. The highest BCUT2D eigenvalue weighted by atomic mass is 16.5. The maximum Gasteiger partial charge on any atom is 0.0487 e. The van der Waals surface area contributed by atoms with Gasteiger partial charge in [0.05, 0.1) is 0 Å². The van der Waals surface area contributed by atoms with Gasteiger partial charge in [-0.2, -0.15) is 0 Å². The van der Waals surface area contributed by atoms with Crippen molar-refractivity contribution in [1.29, 1.82) is 0 Å². The van der Waals surface area contributed by atoms with Crippen LogP contribution >= 0.6 is 0 Å². The Kier molecular flexibility index (Phi) is 7.81. The zero-order valence-corrected chi connectivity index (χ0v) is 10.6. The van der Waals surface area contributed by atoms with Crippen LogP contribution in [0.3, 0.4) is 0 Å². The van der Waals surface area contributed by atoms with Crippen molar-refractivity contribution in [2.75, 3.05) is 33.5 Å². The molecule has 0 aromatic carbocycles. The molecule has 0 radical (unpaired) electrons. The van der Waals surface area contributed by atoms with Gasteiger partial charge in [-0.15, -0.1) is 0 Å². The Labute approximate surface area is 99.7 Å². The molecule has 96 valence electrons. The molecule has 0 bridgehead atoms. The van der Waals surface area contributed by atoms with Gasteiger partial charge in [0.1, 0.15) is 0 Å². The lowest BCUT2D eigenvalue weighted by Gasteiger charge is -2.21. The summed E-state index contributed by atoms with van der Waals surface area (Å²) in [4.78, 5) is 0. The summed E-state index contributed by atoms with van der Waals surface area (Å²) in [7, 11) is 1.73. The van der Waals surface area contributed by atoms with E-state index in [0.29, 0.717) is 5.92 Å². The van der Waals surface area contributed by atoms with E-state index in [1.54, 1.807) is 7.11 Å². The second-order valence-corrected chi connectivity index (χ2v) is 4.79. The molecule has 3 heteroatoms. The molecule has 1 saturated carbocycles. The van der Waals surface area contributed by atoms with Gasteiger partial charge in [0.25, 0.3) is 0 Å². The molecule has 2 N–H and O–H groups in total. The van der Waals surface area contributed by atoms with Gasteiger partial charge in [0.2, 0.25) is 0 Å². The molecule has 0 aromatic heterocycles. The summed E-state index contributed by atoms with van der Waals surface area (Å²) >= 11 is 0. The van der Waals surface area contributed by atoms with Crippen molar-refractivity contribution < 1.29 is 9.47 Å². The van der Waals surface area contributed by atoms with Gasteiger partial charge in [-0.25, -0.2) is 0 Å². The normalized spacial score (nSPS) is 19.1. The number of hydrogen-bond donors (Lipinski definition) is 1. The van der Waals surface area contributed by atoms with Crippen LogP contribution in [0.1, 0.15) is 38.5 Å². The predicted octanol–water partition coefficient (Wildman–Crippen LogP) is 2.19. The summed E-state index contributed by atoms with van der Waals surface area (Å²) in [6.07, 6.45) is 7.68. The van der Waals surface area contributed by atoms with Crippen molar-refractivity contribution >= 4 is 0 Å². The molecule has 1 atom stereocenters. The Morgan fingerprint density at radius 2 is 1.94 bits per heavy atom. The quantitative estimate of drug-likeness (QED) is 0.616. The first kappa shape index (κ1) is 13.9. The van der Waals surface area contributed by atoms with Crippen molar-refractivity contribution in [1.82, 2.24) is 0 Å². The molecule has 0 spiro atoms. The third-order valence-corrected chi connectivity index (χ3v) is 3.64. The van der Waals surface area contributed by atoms with E-state index in [9.17, 15) is 0 Å². The van der Waals surface area contributed by atoms with Crippen LogP contribution in [-0.2, 0) is 9.47 Å². The fraction of sp³-hybridized carbons (Fsp3) is 1.00. The summed E-state index contributed by atoms with van der Waals surface area (Å²) in [5, 5.41) is 0. The van der Waals surface area contributed by atoms with Crippen LogP contribution in [0, 0.1) is 11.8 Å². The number of methoxy groups -OCH3 is 1. The Bertz CT molecular complexity index is 158. The van der Waals surface area contributed by atoms with Crippen LogP contribution in [0.15, 0.2) is 0 Å². The van der Waals surface area contributed by atoms with Crippen LogP contribution in [-0.4, -0.2) is 33.5 Å². The molecule has 1 rings (SSSR count). The predicted molar refractivity (Wildman–Crippen MR) is 66.4 cm³/mol. The summed E-state index contributed by atoms with van der Waals surface area (Å²) < 4.78 is 10.6. The summed E-state index contributed by atoms with van der Waals surface area (Å²) in [6.45, 7) is 3.30. The van der Waals surface area contributed by atoms with E-state index < -0.39 is 0 Å². The zero-order chi connectivity index (χ0) is 11.6. The SMILES string of the molecule is COCCCOCCC(CN)C1CCCC1. The fourth-order valence-electron chi connectivity index (χ4n) is 2.62. The Balaban J connectivity index is 2.00. The topological polar surface area (TPSA) is 44.5 Å². The van der Waals surface area contributed by atoms with Crippen molar-refractivity contribution in [2.45, 2.75) is 38.5 Å². The van der Waals surface area contributed by atoms with Gasteiger partial charge >= 0.3 is 0 Å². The third kappa shape index (κ3) is 5.28. The first-order chi connectivity index (χ1) is 7.88. The highest BCUT2D eigenvalue weighted by Gasteiger charge is 2.23. The molecule has 1 aliphatic rings. The zero-order valence-electron chi connectivity index (χ0n) is 10.6. The largest absolute Gasteiger partial charge is 0.385 e. The highest BCUT2D eigenvalue weighted by Crippen LogP contribution is 2.32. The van der Waals surface area contributed by atoms with E-state index in [2.05, 4.69) is 0 Å². The van der Waals surface area contributed by atoms with Gasteiger partial charge in [-0.3, -0.25) is 0 Å². The molecule has 0 aromatic rings. The molecule has 1 unspecified atom stereocenters. The average molecular weight is 229 g/mol. The highest BCUT2D eigenvalue weighted by molar-refractivity contribution is 4.75. The minimum atomic E-state index is 0.685. The molecule has 0 saturated heterocycles. The van der Waals surface area contributed by atoms with Crippen molar-refractivity contribution in [3.8, 4) is 0 Å². The van der Waals surface area contributed by atoms with Crippen LogP contribution in [0.2, 0.25) is 0 Å². The lowest BCUT2D eigenvalue weighted by atomic mass is 9.88. The Morgan fingerprint density at radius 3 is 2.56 bits per heavy atom. The van der Waals surface area contributed by atoms with Crippen molar-refractivity contribution in [3.63, 3.8) is 0 Å². The van der Waals surface area contributed by atoms with E-state index in [1.165, 1.54) is 25.7 Å². The van der Waals surface area contributed by atoms with E-state index >= 15 is 0 Å². The Hall–Kier alpha value is -0.120. The number of ether oxygens (including phenoxy) is 2. The van der Waals surface area contributed by atoms with E-state index in [4.69, 9.17) is 15.2 Å². The second-order valence-electron chi connectivity index (χ2n) is 4.79. The number of hydrogen-bond acceptors (Lipinski definition) is 3. The van der Waals surface area contributed by atoms with Crippen molar-refractivity contribution in [3.05, 3.63) is 0 Å². The molecule has 0 amide bonds. The van der Waals surface area contributed by atoms with E-state index in [-0.39, 0.29) is 0 Å². The lowest BCUT2D eigenvalue weighted by Crippen LogP contribution is -2.23. The van der Waals surface area contributed by atoms with Crippen LogP contribution < -0.4 is 5.73 Å². The minimum Gasteiger partial charge on any atom is -0.385 e. The third-order valence-electron chi connectivity index (χ3n) is 3.64. The lowest BCUT2D eigenvalue weighted by molar-refractivity contribution is 0.0886. The van der Waals surface area contributed by atoms with Crippen molar-refractivity contribution in [2.24, 2.45) is 17.6 Å². The first-order valence-electron chi connectivity index (χ1n) is 6.65. The average Bonchev–Trinajstić information content (AvgIpc) is 2.82. The summed E-state index contributed by atoms with van der Waals surface area (Å²) in [5.41, 5.74) is 5.84. The summed E-state index contributed by atoms with van der Waals surface area (Å²) in [6, 6.07) is 0.